The van der Waals surface area contributed by atoms with Crippen molar-refractivity contribution in [2.24, 2.45) is 5.41 Å². The zero-order chi connectivity index (χ0) is 16.4. The molecule has 3 rings (SSSR count). The number of nitrogens with zero attached hydrogens (tertiary/aromatic N) is 1. The molecule has 2 aromatic rings. The van der Waals surface area contributed by atoms with Crippen molar-refractivity contribution in [2.75, 3.05) is 0 Å². The van der Waals surface area contributed by atoms with E-state index in [2.05, 4.69) is 29.5 Å². The normalized spacial score (nSPS) is 19.0. The lowest BCUT2D eigenvalue weighted by atomic mass is 9.75. The van der Waals surface area contributed by atoms with E-state index >= 15 is 0 Å². The molecule has 1 aliphatic rings. The van der Waals surface area contributed by atoms with Crippen LogP contribution in [0.25, 0.3) is 0 Å². The first-order valence-electron chi connectivity index (χ1n) is 7.96. The van der Waals surface area contributed by atoms with Gasteiger partial charge in [0.1, 0.15) is 11.5 Å². The maximum Gasteiger partial charge on any atom is 0.315 e. The molecule has 0 bridgehead atoms. The quantitative estimate of drug-likeness (QED) is 0.911. The number of hydrogen-bond acceptors (Lipinski definition) is 3. The summed E-state index contributed by atoms with van der Waals surface area (Å²) in [7, 11) is 0. The summed E-state index contributed by atoms with van der Waals surface area (Å²) in [5.41, 5.74) is 2.05. The van der Waals surface area contributed by atoms with Crippen LogP contribution in [0.2, 0.25) is 0 Å². The van der Waals surface area contributed by atoms with Crippen LogP contribution in [0.5, 0.6) is 0 Å². The molecule has 0 aliphatic heterocycles. The number of nitrogens with one attached hydrogen (secondary N) is 2. The van der Waals surface area contributed by atoms with E-state index in [1.165, 1.54) is 0 Å². The van der Waals surface area contributed by atoms with Gasteiger partial charge in [-0.3, -0.25) is 4.98 Å². The second-order valence-corrected chi connectivity index (χ2v) is 6.98. The van der Waals surface area contributed by atoms with Gasteiger partial charge < -0.3 is 15.1 Å². The molecule has 0 saturated carbocycles. The predicted molar refractivity (Wildman–Crippen MR) is 87.9 cm³/mol. The number of aromatic nitrogens is 1. The standard InChI is InChI=1S/C18H23N3O2/c1-12-8-14-15(9-18(2,3)10-16(14)23-12)21-17(22)20-11-13-6-4-5-7-19-13/h4-8,15H,9-11H2,1-3H3,(H2,20,21,22)/t15-/m1/s1. The third-order valence-electron chi connectivity index (χ3n) is 4.20. The van der Waals surface area contributed by atoms with Crippen molar-refractivity contribution in [2.45, 2.75) is 46.2 Å². The van der Waals surface area contributed by atoms with Gasteiger partial charge in [-0.2, -0.15) is 0 Å². The van der Waals surface area contributed by atoms with Gasteiger partial charge in [0, 0.05) is 18.2 Å². The number of amides is 2. The molecule has 0 radical (unpaired) electrons. The third-order valence-corrected chi connectivity index (χ3v) is 4.20. The van der Waals surface area contributed by atoms with Gasteiger partial charge in [0.25, 0.3) is 0 Å². The number of urea groups is 1. The zero-order valence-corrected chi connectivity index (χ0v) is 13.8. The van der Waals surface area contributed by atoms with Gasteiger partial charge in [-0.25, -0.2) is 4.79 Å². The Bertz CT molecular complexity index is 692. The first-order valence-corrected chi connectivity index (χ1v) is 7.96. The van der Waals surface area contributed by atoms with E-state index in [1.807, 2.05) is 31.2 Å². The van der Waals surface area contributed by atoms with Crippen molar-refractivity contribution in [1.29, 1.82) is 0 Å². The lowest BCUT2D eigenvalue weighted by Crippen LogP contribution is -2.41. The molecule has 1 atom stereocenters. The molecule has 2 N–H and O–H groups in total. The topological polar surface area (TPSA) is 67.2 Å². The highest BCUT2D eigenvalue weighted by molar-refractivity contribution is 5.74. The molecule has 0 spiro atoms. The fourth-order valence-electron chi connectivity index (χ4n) is 3.20. The maximum absolute atomic E-state index is 12.2. The molecule has 0 unspecified atom stereocenters. The molecular formula is C18H23N3O2. The number of aryl methyl sites for hydroxylation is 1. The smallest absolute Gasteiger partial charge is 0.315 e. The molecule has 0 aromatic carbocycles. The number of hydrogen-bond donors (Lipinski definition) is 2. The SMILES string of the molecule is Cc1cc2c(o1)CC(C)(C)C[C@H]2NC(=O)NCc1ccccn1. The number of carbonyl (C=O) groups excluding carboxylic acids is 1. The Labute approximate surface area is 136 Å². The number of carbonyl (C=O) groups is 1. The van der Waals surface area contributed by atoms with E-state index in [1.54, 1.807) is 6.20 Å². The molecule has 1 aliphatic carbocycles. The largest absolute Gasteiger partial charge is 0.466 e. The highest BCUT2D eigenvalue weighted by Crippen LogP contribution is 2.41. The molecule has 5 heteroatoms. The Morgan fingerprint density at radius 3 is 3.00 bits per heavy atom. The van der Waals surface area contributed by atoms with Gasteiger partial charge in [0.05, 0.1) is 18.3 Å². The van der Waals surface area contributed by atoms with Gasteiger partial charge >= 0.3 is 6.03 Å². The van der Waals surface area contributed by atoms with E-state index in [9.17, 15) is 4.79 Å². The molecular weight excluding hydrogens is 290 g/mol. The molecule has 0 saturated heterocycles. The van der Waals surface area contributed by atoms with E-state index in [4.69, 9.17) is 4.42 Å². The van der Waals surface area contributed by atoms with Crippen LogP contribution in [-0.4, -0.2) is 11.0 Å². The van der Waals surface area contributed by atoms with Crippen molar-refractivity contribution >= 4 is 6.03 Å². The second kappa shape index (κ2) is 6.07. The molecule has 5 nitrogen and oxygen atoms in total. The Kier molecular flexibility index (Phi) is 4.11. The Hall–Kier alpha value is -2.30. The predicted octanol–water partition coefficient (Wildman–Crippen LogP) is 3.50. The van der Waals surface area contributed by atoms with Gasteiger partial charge in [-0.1, -0.05) is 19.9 Å². The minimum absolute atomic E-state index is 0.0186. The van der Waals surface area contributed by atoms with Crippen LogP contribution in [0.4, 0.5) is 4.79 Å². The molecule has 0 fully saturated rings. The van der Waals surface area contributed by atoms with E-state index in [-0.39, 0.29) is 17.5 Å². The number of fused-ring (bicyclic) bond motifs is 1. The third kappa shape index (κ3) is 3.73. The van der Waals surface area contributed by atoms with Gasteiger partial charge in [0.2, 0.25) is 0 Å². The zero-order valence-electron chi connectivity index (χ0n) is 13.8. The highest BCUT2D eigenvalue weighted by Gasteiger charge is 2.35. The lowest BCUT2D eigenvalue weighted by Gasteiger charge is -2.34. The van der Waals surface area contributed by atoms with Gasteiger partial charge in [-0.05, 0) is 37.0 Å². The lowest BCUT2D eigenvalue weighted by molar-refractivity contribution is 0.214. The van der Waals surface area contributed by atoms with E-state index < -0.39 is 0 Å². The van der Waals surface area contributed by atoms with Gasteiger partial charge in [0.15, 0.2) is 0 Å². The Morgan fingerprint density at radius 1 is 1.43 bits per heavy atom. The first kappa shape index (κ1) is 15.6. The van der Waals surface area contributed by atoms with Gasteiger partial charge in [-0.15, -0.1) is 0 Å². The molecule has 2 amide bonds. The summed E-state index contributed by atoms with van der Waals surface area (Å²) in [5, 5.41) is 5.94. The summed E-state index contributed by atoms with van der Waals surface area (Å²) in [6.45, 7) is 6.77. The van der Waals surface area contributed by atoms with Crippen molar-refractivity contribution in [1.82, 2.24) is 15.6 Å². The molecule has 2 heterocycles. The Balaban J connectivity index is 1.66. The number of pyridine rings is 1. The average molecular weight is 313 g/mol. The van der Waals surface area contributed by atoms with Crippen LogP contribution in [-0.2, 0) is 13.0 Å². The fourth-order valence-corrected chi connectivity index (χ4v) is 3.20. The summed E-state index contributed by atoms with van der Waals surface area (Å²) in [5.74, 6) is 1.89. The number of furan rings is 1. The first-order chi connectivity index (χ1) is 10.9. The minimum Gasteiger partial charge on any atom is -0.466 e. The average Bonchev–Trinajstić information content (AvgIpc) is 2.85. The number of rotatable bonds is 3. The van der Waals surface area contributed by atoms with Crippen LogP contribution < -0.4 is 10.6 Å². The van der Waals surface area contributed by atoms with Crippen molar-refractivity contribution < 1.29 is 9.21 Å². The van der Waals surface area contributed by atoms with E-state index in [0.29, 0.717) is 6.54 Å². The van der Waals surface area contributed by atoms with Crippen molar-refractivity contribution in [3.05, 3.63) is 53.2 Å². The van der Waals surface area contributed by atoms with Crippen molar-refractivity contribution in [3.8, 4) is 0 Å². The van der Waals surface area contributed by atoms with Crippen LogP contribution in [0.3, 0.4) is 0 Å². The summed E-state index contributed by atoms with van der Waals surface area (Å²) in [4.78, 5) is 16.4. The van der Waals surface area contributed by atoms with Crippen LogP contribution in [0, 0.1) is 12.3 Å². The summed E-state index contributed by atoms with van der Waals surface area (Å²) in [6, 6.07) is 7.50. The minimum atomic E-state index is -0.178. The summed E-state index contributed by atoms with van der Waals surface area (Å²) >= 11 is 0. The second-order valence-electron chi connectivity index (χ2n) is 6.98. The molecule has 2 aromatic heterocycles. The van der Waals surface area contributed by atoms with Crippen LogP contribution in [0.15, 0.2) is 34.9 Å². The maximum atomic E-state index is 12.2. The van der Waals surface area contributed by atoms with Crippen molar-refractivity contribution in [3.63, 3.8) is 0 Å². The fraction of sp³-hybridized carbons (Fsp3) is 0.444. The van der Waals surface area contributed by atoms with E-state index in [0.717, 1.165) is 35.6 Å². The molecule has 23 heavy (non-hydrogen) atoms. The Morgan fingerprint density at radius 2 is 2.26 bits per heavy atom. The summed E-state index contributed by atoms with van der Waals surface area (Å²) < 4.78 is 5.80. The van der Waals surface area contributed by atoms with Crippen LogP contribution in [0.1, 0.15) is 49.1 Å². The monoisotopic (exact) mass is 313 g/mol. The van der Waals surface area contributed by atoms with Crippen LogP contribution >= 0.6 is 0 Å². The highest BCUT2D eigenvalue weighted by atomic mass is 16.3. The summed E-state index contributed by atoms with van der Waals surface area (Å²) in [6.07, 6.45) is 3.53. The molecule has 122 valence electrons.